The second-order valence-electron chi connectivity index (χ2n) is 17.7. The molecule has 3 N–H and O–H groups in total. The third-order valence-electron chi connectivity index (χ3n) is 13.0. The summed E-state index contributed by atoms with van der Waals surface area (Å²) < 4.78 is 27.7. The predicted molar refractivity (Wildman–Crippen MR) is 205 cm³/mol. The first kappa shape index (κ1) is 37.4. The summed E-state index contributed by atoms with van der Waals surface area (Å²) in [6.45, 7) is 10.3. The molecule has 4 aliphatic carbocycles. The molecule has 2 unspecified atom stereocenters. The first-order chi connectivity index (χ1) is 26.1. The predicted octanol–water partition coefficient (Wildman–Crippen LogP) is 3.62. The zero-order valence-electron chi connectivity index (χ0n) is 31.8. The number of benzene rings is 2. The first-order valence-corrected chi connectivity index (χ1v) is 21.2. The molecule has 2 aromatic rings. The van der Waals surface area contributed by atoms with Gasteiger partial charge in [-0.25, -0.2) is 8.42 Å². The Hall–Kier alpha value is -4.52. The summed E-state index contributed by atoms with van der Waals surface area (Å²) >= 11 is 0. The summed E-state index contributed by atoms with van der Waals surface area (Å²) in [6, 6.07) is 14.0. The normalized spacial score (nSPS) is 28.6. The van der Waals surface area contributed by atoms with Gasteiger partial charge in [-0.15, -0.1) is 6.58 Å². The van der Waals surface area contributed by atoms with Gasteiger partial charge in [-0.2, -0.15) is 0 Å². The van der Waals surface area contributed by atoms with Crippen molar-refractivity contribution in [1.29, 1.82) is 0 Å². The fourth-order valence-corrected chi connectivity index (χ4v) is 11.0. The van der Waals surface area contributed by atoms with Crippen LogP contribution in [0.1, 0.15) is 89.2 Å². The molecule has 5 amide bonds. The van der Waals surface area contributed by atoms with Crippen LogP contribution in [0.5, 0.6) is 0 Å². The number of likely N-dealkylation sites (tertiary alicyclic amines) is 2. The molecule has 55 heavy (non-hydrogen) atoms. The lowest BCUT2D eigenvalue weighted by Crippen LogP contribution is -2.57. The van der Waals surface area contributed by atoms with Crippen LogP contribution in [0.4, 0.5) is 0 Å². The van der Waals surface area contributed by atoms with Crippen LogP contribution in [-0.4, -0.2) is 89.8 Å². The third-order valence-corrected chi connectivity index (χ3v) is 14.8. The Bertz CT molecular complexity index is 2030. The van der Waals surface area contributed by atoms with E-state index in [1.165, 1.54) is 11.0 Å². The van der Waals surface area contributed by atoms with E-state index in [1.807, 2.05) is 74.2 Å². The van der Waals surface area contributed by atoms with Gasteiger partial charge in [-0.05, 0) is 78.5 Å². The average Bonchev–Trinajstić information content (AvgIpc) is 3.92. The summed E-state index contributed by atoms with van der Waals surface area (Å²) in [5.74, 6) is -3.50. The molecule has 6 aliphatic rings. The Morgan fingerprint density at radius 3 is 2.09 bits per heavy atom. The second kappa shape index (κ2) is 13.6. The molecule has 13 heteroatoms. The molecule has 292 valence electrons. The Labute approximate surface area is 322 Å². The molecule has 7 atom stereocenters. The van der Waals surface area contributed by atoms with Crippen LogP contribution in [0.15, 0.2) is 61.2 Å². The molecule has 2 aliphatic heterocycles. The van der Waals surface area contributed by atoms with E-state index in [0.717, 1.165) is 41.5 Å². The molecule has 5 fully saturated rings. The molecule has 0 aromatic heterocycles. The number of carbonyl (C=O) groups excluding carboxylic acids is 5. The molecule has 3 saturated carbocycles. The van der Waals surface area contributed by atoms with Gasteiger partial charge >= 0.3 is 0 Å². The van der Waals surface area contributed by atoms with Crippen LogP contribution in [0.2, 0.25) is 0 Å². The van der Waals surface area contributed by atoms with E-state index in [2.05, 4.69) is 21.9 Å². The third kappa shape index (κ3) is 6.76. The quantitative estimate of drug-likeness (QED) is 0.294. The fourth-order valence-electron chi connectivity index (χ4n) is 9.66. The highest BCUT2D eigenvalue weighted by Crippen LogP contribution is 2.47. The maximum absolute atomic E-state index is 14.8. The van der Waals surface area contributed by atoms with Crippen LogP contribution in [-0.2, 0) is 34.0 Å². The smallest absolute Gasteiger partial charge is 0.259 e. The highest BCUT2D eigenvalue weighted by molar-refractivity contribution is 7.91. The second-order valence-corrected chi connectivity index (χ2v) is 19.7. The summed E-state index contributed by atoms with van der Waals surface area (Å²) in [5.41, 5.74) is 1.53. The SMILES string of the molecule is C=C[C@@H]1C[C@]1(NC(=O)[C@@H]1C[C@@H](NC(=O)C2c3ccccc3-c3ccccc32)CN1C(=O)[C@@H](CC(=O)N1CC2CCC1C2)C(C)(C)C)C(=O)NS(=O)(=O)C1CC1. The van der Waals surface area contributed by atoms with Crippen molar-refractivity contribution < 1.29 is 32.4 Å². The van der Waals surface area contributed by atoms with Gasteiger partial charge < -0.3 is 20.4 Å². The molecule has 2 aromatic carbocycles. The number of sulfonamides is 1. The van der Waals surface area contributed by atoms with Crippen LogP contribution in [0.3, 0.4) is 0 Å². The molecular formula is C42H51N5O7S. The van der Waals surface area contributed by atoms with E-state index < -0.39 is 67.9 Å². The number of carbonyl (C=O) groups is 5. The minimum atomic E-state index is -3.90. The number of fused-ring (bicyclic) bond motifs is 5. The van der Waals surface area contributed by atoms with Gasteiger partial charge in [0.25, 0.3) is 5.91 Å². The molecule has 0 radical (unpaired) electrons. The van der Waals surface area contributed by atoms with Crippen molar-refractivity contribution in [2.75, 3.05) is 13.1 Å². The van der Waals surface area contributed by atoms with Gasteiger partial charge in [0, 0.05) is 37.5 Å². The van der Waals surface area contributed by atoms with Gasteiger partial charge in [0.2, 0.25) is 33.7 Å². The van der Waals surface area contributed by atoms with Crippen LogP contribution >= 0.6 is 0 Å². The van der Waals surface area contributed by atoms with Gasteiger partial charge in [0.15, 0.2) is 0 Å². The van der Waals surface area contributed by atoms with Gasteiger partial charge in [-0.3, -0.25) is 28.7 Å². The Kier molecular flexibility index (Phi) is 9.25. The summed E-state index contributed by atoms with van der Waals surface area (Å²) in [4.78, 5) is 74.3. The van der Waals surface area contributed by atoms with E-state index >= 15 is 0 Å². The fraction of sp³-hybridized carbons (Fsp3) is 0.548. The summed E-state index contributed by atoms with van der Waals surface area (Å²) in [6.07, 6.45) is 5.75. The standard InChI is InChI=1S/C42H51N5O7S/c1-5-25-21-42(25,40(52)45-55(53,54)28-16-17-28)44-37(49)34-19-26(43-38(50)36-31-12-8-6-10-29(31)30-11-7-9-13-32(30)36)23-47(34)39(51)33(41(2,3)4)20-35(48)46-22-24-14-15-27(46)18-24/h5-13,24-28,33-34,36H,1,14-23H2,2-4H3,(H,43,50)(H,44,49)(H,45,52)/t24?,25-,26-,27?,33-,34+,42-/m1/s1. The zero-order chi connectivity index (χ0) is 39.0. The lowest BCUT2D eigenvalue weighted by Gasteiger charge is -2.37. The molecule has 2 bridgehead atoms. The number of nitrogens with zero attached hydrogens (tertiary/aromatic N) is 2. The first-order valence-electron chi connectivity index (χ1n) is 19.7. The van der Waals surface area contributed by atoms with E-state index in [4.69, 9.17) is 0 Å². The molecule has 8 rings (SSSR count). The molecule has 2 saturated heterocycles. The van der Waals surface area contributed by atoms with Gasteiger partial charge in [0.05, 0.1) is 17.1 Å². The van der Waals surface area contributed by atoms with E-state index in [-0.39, 0.29) is 49.6 Å². The Morgan fingerprint density at radius 1 is 0.891 bits per heavy atom. The van der Waals surface area contributed by atoms with E-state index in [9.17, 15) is 32.4 Å². The number of nitrogens with one attached hydrogen (secondary N) is 3. The molecular weight excluding hydrogens is 719 g/mol. The Morgan fingerprint density at radius 2 is 1.55 bits per heavy atom. The van der Waals surface area contributed by atoms with Crippen molar-refractivity contribution in [2.24, 2.45) is 23.2 Å². The Balaban J connectivity index is 1.06. The molecule has 12 nitrogen and oxygen atoms in total. The largest absolute Gasteiger partial charge is 0.351 e. The lowest BCUT2D eigenvalue weighted by molar-refractivity contribution is -0.149. The molecule has 2 heterocycles. The van der Waals surface area contributed by atoms with E-state index in [0.29, 0.717) is 25.3 Å². The van der Waals surface area contributed by atoms with Crippen LogP contribution in [0.25, 0.3) is 11.1 Å². The molecule has 0 spiro atoms. The number of hydrogen-bond donors (Lipinski definition) is 3. The van der Waals surface area contributed by atoms with Crippen LogP contribution in [0, 0.1) is 23.2 Å². The van der Waals surface area contributed by atoms with Crippen molar-refractivity contribution in [2.45, 2.75) is 107 Å². The van der Waals surface area contributed by atoms with E-state index in [1.54, 1.807) is 0 Å². The van der Waals surface area contributed by atoms with Gasteiger partial charge in [-0.1, -0.05) is 75.4 Å². The topological polar surface area (TPSA) is 162 Å². The average molecular weight is 770 g/mol. The maximum atomic E-state index is 14.8. The monoisotopic (exact) mass is 769 g/mol. The van der Waals surface area contributed by atoms with Crippen molar-refractivity contribution >= 4 is 39.6 Å². The van der Waals surface area contributed by atoms with Crippen molar-refractivity contribution in [3.63, 3.8) is 0 Å². The highest BCUT2D eigenvalue weighted by atomic mass is 32.2. The zero-order valence-corrected chi connectivity index (χ0v) is 32.6. The van der Waals surface area contributed by atoms with Crippen molar-refractivity contribution in [3.05, 3.63) is 72.3 Å². The maximum Gasteiger partial charge on any atom is 0.259 e. The minimum absolute atomic E-state index is 0.00698. The lowest BCUT2D eigenvalue weighted by atomic mass is 9.77. The van der Waals surface area contributed by atoms with Gasteiger partial charge in [0.1, 0.15) is 11.6 Å². The van der Waals surface area contributed by atoms with Crippen molar-refractivity contribution in [3.8, 4) is 11.1 Å². The number of hydrogen-bond acceptors (Lipinski definition) is 7. The summed E-state index contributed by atoms with van der Waals surface area (Å²) in [5, 5.41) is 5.37. The summed E-state index contributed by atoms with van der Waals surface area (Å²) in [7, 11) is -3.90. The highest BCUT2D eigenvalue weighted by Gasteiger charge is 2.62. The number of amides is 5. The van der Waals surface area contributed by atoms with Crippen LogP contribution < -0.4 is 15.4 Å². The van der Waals surface area contributed by atoms with Crippen molar-refractivity contribution in [1.82, 2.24) is 25.2 Å². The minimum Gasteiger partial charge on any atom is -0.351 e. The number of rotatable bonds is 11. The number of piperidine rings is 1.